The van der Waals surface area contributed by atoms with Crippen LogP contribution in [-0.4, -0.2) is 23.0 Å². The molecule has 0 atom stereocenters. The van der Waals surface area contributed by atoms with Crippen LogP contribution < -0.4 is 0 Å². The SMILES string of the molecule is CCCCSCCCC.CCCSCCC. The first-order valence-corrected chi connectivity index (χ1v) is 9.29. The van der Waals surface area contributed by atoms with E-state index in [1.165, 1.54) is 61.5 Å². The van der Waals surface area contributed by atoms with Crippen LogP contribution in [0.15, 0.2) is 0 Å². The molecule has 0 aromatic carbocycles. The highest BCUT2D eigenvalue weighted by Crippen LogP contribution is 2.06. The fraction of sp³-hybridized carbons (Fsp3) is 1.00. The summed E-state index contributed by atoms with van der Waals surface area (Å²) in [7, 11) is 0. The van der Waals surface area contributed by atoms with Crippen molar-refractivity contribution in [3.63, 3.8) is 0 Å². The molecule has 0 amide bonds. The van der Waals surface area contributed by atoms with E-state index in [1.807, 2.05) is 0 Å². The Bertz CT molecular complexity index is 84.7. The second kappa shape index (κ2) is 21.0. The van der Waals surface area contributed by atoms with Crippen LogP contribution in [0, 0.1) is 0 Å². The average molecular weight is 265 g/mol. The summed E-state index contributed by atoms with van der Waals surface area (Å²) >= 11 is 4.16. The molecule has 16 heavy (non-hydrogen) atoms. The van der Waals surface area contributed by atoms with Crippen LogP contribution in [0.1, 0.15) is 66.2 Å². The predicted molar refractivity (Wildman–Crippen MR) is 85.0 cm³/mol. The Morgan fingerprint density at radius 3 is 1.19 bits per heavy atom. The molecule has 0 fully saturated rings. The van der Waals surface area contributed by atoms with E-state index in [0.717, 1.165) is 0 Å². The second-order valence-corrected chi connectivity index (χ2v) is 6.38. The lowest BCUT2D eigenvalue weighted by molar-refractivity contribution is 0.879. The summed E-state index contributed by atoms with van der Waals surface area (Å²) in [4.78, 5) is 0. The maximum atomic E-state index is 2.25. The molecule has 100 valence electrons. The van der Waals surface area contributed by atoms with Gasteiger partial charge in [-0.25, -0.2) is 0 Å². The zero-order valence-corrected chi connectivity index (χ0v) is 13.5. The molecule has 0 nitrogen and oxygen atoms in total. The molecule has 0 aromatic heterocycles. The van der Waals surface area contributed by atoms with Crippen LogP contribution in [0.25, 0.3) is 0 Å². The number of unbranched alkanes of at least 4 members (excludes halogenated alkanes) is 2. The van der Waals surface area contributed by atoms with Gasteiger partial charge in [0.05, 0.1) is 0 Å². The molecule has 0 aliphatic heterocycles. The van der Waals surface area contributed by atoms with E-state index in [-0.39, 0.29) is 0 Å². The third-order valence-corrected chi connectivity index (χ3v) is 4.53. The monoisotopic (exact) mass is 264 g/mol. The third kappa shape index (κ3) is 24.1. The van der Waals surface area contributed by atoms with Crippen molar-refractivity contribution in [3.8, 4) is 0 Å². The highest BCUT2D eigenvalue weighted by atomic mass is 32.2. The van der Waals surface area contributed by atoms with E-state index in [9.17, 15) is 0 Å². The Morgan fingerprint density at radius 2 is 0.875 bits per heavy atom. The number of thioether (sulfide) groups is 2. The van der Waals surface area contributed by atoms with Gasteiger partial charge in [0.15, 0.2) is 0 Å². The van der Waals surface area contributed by atoms with Gasteiger partial charge in [0.2, 0.25) is 0 Å². The fourth-order valence-electron chi connectivity index (χ4n) is 0.986. The molecule has 2 heteroatoms. The molecular formula is C14H32S2. The fourth-order valence-corrected chi connectivity index (χ4v) is 2.96. The van der Waals surface area contributed by atoms with Crippen molar-refractivity contribution in [1.82, 2.24) is 0 Å². The molecule has 0 unspecified atom stereocenters. The topological polar surface area (TPSA) is 0 Å². The molecule has 0 N–H and O–H groups in total. The molecule has 0 aliphatic rings. The Kier molecular flexibility index (Phi) is 25.0. The summed E-state index contributed by atoms with van der Waals surface area (Å²) < 4.78 is 0. The molecular weight excluding hydrogens is 232 g/mol. The maximum Gasteiger partial charge on any atom is -0.00676 e. The first-order chi connectivity index (χ1) is 7.83. The minimum Gasteiger partial charge on any atom is -0.162 e. The van der Waals surface area contributed by atoms with Crippen LogP contribution in [0.2, 0.25) is 0 Å². The summed E-state index contributed by atoms with van der Waals surface area (Å²) in [5.41, 5.74) is 0. The molecule has 0 aliphatic carbocycles. The maximum absolute atomic E-state index is 2.25. The van der Waals surface area contributed by atoms with Gasteiger partial charge in [-0.15, -0.1) is 0 Å². The zero-order valence-electron chi connectivity index (χ0n) is 11.9. The second-order valence-electron chi connectivity index (χ2n) is 3.93. The molecule has 0 heterocycles. The summed E-state index contributed by atoms with van der Waals surface area (Å²) in [6, 6.07) is 0. The van der Waals surface area contributed by atoms with Gasteiger partial charge in [-0.3, -0.25) is 0 Å². The minimum atomic E-state index is 1.32. The van der Waals surface area contributed by atoms with Crippen LogP contribution in [0.5, 0.6) is 0 Å². The lowest BCUT2D eigenvalue weighted by atomic mass is 10.4. The summed E-state index contributed by atoms with van der Waals surface area (Å²) in [6.45, 7) is 8.95. The number of rotatable bonds is 10. The lowest BCUT2D eigenvalue weighted by Gasteiger charge is -1.96. The highest BCUT2D eigenvalue weighted by molar-refractivity contribution is 7.99. The first-order valence-electron chi connectivity index (χ1n) is 6.98. The summed E-state index contributed by atoms with van der Waals surface area (Å²) in [5.74, 6) is 5.43. The van der Waals surface area contributed by atoms with Crippen molar-refractivity contribution in [1.29, 1.82) is 0 Å². The minimum absolute atomic E-state index is 1.32. The van der Waals surface area contributed by atoms with Gasteiger partial charge in [-0.2, -0.15) is 23.5 Å². The van der Waals surface area contributed by atoms with Crippen molar-refractivity contribution in [3.05, 3.63) is 0 Å². The van der Waals surface area contributed by atoms with Gasteiger partial charge in [0.1, 0.15) is 0 Å². The quantitative estimate of drug-likeness (QED) is 0.453. The van der Waals surface area contributed by atoms with Crippen LogP contribution >= 0.6 is 23.5 Å². The van der Waals surface area contributed by atoms with E-state index < -0.39 is 0 Å². The van der Waals surface area contributed by atoms with Gasteiger partial charge in [0.25, 0.3) is 0 Å². The lowest BCUT2D eigenvalue weighted by Crippen LogP contribution is -1.81. The van der Waals surface area contributed by atoms with Gasteiger partial charge < -0.3 is 0 Å². The van der Waals surface area contributed by atoms with Crippen molar-refractivity contribution < 1.29 is 0 Å². The molecule has 0 rings (SSSR count). The first kappa shape index (κ1) is 19.0. The molecule has 0 spiro atoms. The van der Waals surface area contributed by atoms with Crippen molar-refractivity contribution in [2.24, 2.45) is 0 Å². The number of hydrogen-bond donors (Lipinski definition) is 0. The van der Waals surface area contributed by atoms with Gasteiger partial charge in [-0.05, 0) is 48.7 Å². The van der Waals surface area contributed by atoms with E-state index in [2.05, 4.69) is 51.2 Å². The smallest absolute Gasteiger partial charge is 0.00676 e. The van der Waals surface area contributed by atoms with E-state index in [1.54, 1.807) is 0 Å². The van der Waals surface area contributed by atoms with Crippen molar-refractivity contribution in [2.45, 2.75) is 66.2 Å². The van der Waals surface area contributed by atoms with E-state index in [4.69, 9.17) is 0 Å². The standard InChI is InChI=1S/C8H18S.C6H14S/c1-3-5-7-9-8-6-4-2;1-3-5-7-6-4-2/h3-8H2,1-2H3;3-6H2,1-2H3. The Hall–Kier alpha value is 0.700. The molecule has 0 radical (unpaired) electrons. The largest absolute Gasteiger partial charge is 0.162 e. The molecule has 0 aromatic rings. The normalized spacial score (nSPS) is 9.75. The van der Waals surface area contributed by atoms with Crippen LogP contribution in [-0.2, 0) is 0 Å². The molecule has 0 bridgehead atoms. The number of hydrogen-bond acceptors (Lipinski definition) is 2. The highest BCUT2D eigenvalue weighted by Gasteiger charge is 1.85. The van der Waals surface area contributed by atoms with Gasteiger partial charge >= 0.3 is 0 Å². The van der Waals surface area contributed by atoms with E-state index >= 15 is 0 Å². The van der Waals surface area contributed by atoms with Crippen LogP contribution in [0.4, 0.5) is 0 Å². The van der Waals surface area contributed by atoms with Crippen LogP contribution in [0.3, 0.4) is 0 Å². The molecule has 0 saturated carbocycles. The van der Waals surface area contributed by atoms with Crippen molar-refractivity contribution >= 4 is 23.5 Å². The summed E-state index contributed by atoms with van der Waals surface area (Å²) in [6.07, 6.45) is 8.14. The average Bonchev–Trinajstić information content (AvgIpc) is 2.31. The Morgan fingerprint density at radius 1 is 0.500 bits per heavy atom. The molecule has 0 saturated heterocycles. The van der Waals surface area contributed by atoms with Gasteiger partial charge in [0, 0.05) is 0 Å². The van der Waals surface area contributed by atoms with E-state index in [0.29, 0.717) is 0 Å². The Labute approximate surface area is 113 Å². The predicted octanol–water partition coefficient (Wildman–Crippen LogP) is 5.86. The van der Waals surface area contributed by atoms with Gasteiger partial charge in [-0.1, -0.05) is 40.5 Å². The zero-order chi connectivity index (χ0) is 12.5. The summed E-state index contributed by atoms with van der Waals surface area (Å²) in [5, 5.41) is 0. The Balaban J connectivity index is 0. The third-order valence-electron chi connectivity index (χ3n) is 1.98. The van der Waals surface area contributed by atoms with Crippen molar-refractivity contribution in [2.75, 3.05) is 23.0 Å².